The van der Waals surface area contributed by atoms with Crippen molar-refractivity contribution >= 4 is 50.6 Å². The van der Waals surface area contributed by atoms with Crippen LogP contribution in [0.3, 0.4) is 0 Å². The zero-order valence-corrected chi connectivity index (χ0v) is 41.0. The summed E-state index contributed by atoms with van der Waals surface area (Å²) in [6.07, 6.45) is 3.07. The van der Waals surface area contributed by atoms with E-state index < -0.39 is 41.3 Å². The van der Waals surface area contributed by atoms with Gasteiger partial charge in [-0.3, -0.25) is 29.2 Å². The van der Waals surface area contributed by atoms with Gasteiger partial charge >= 0.3 is 5.97 Å². The standard InChI is InChI=1S/C50H68N8O7S/c1-11-57-41-18-17-33-25-37(41)38(46(57)36-15-13-19-51-44(36)31(5)64-10)26-50(6,7)29-65-49(63)39-16-14-20-58(54-39)48(62)40(23-32-21-34(33)24-35(59)22-32)53-47(61)45(30(3)4)56(9)43(60)28-55(8)66(12-2)42-27-52-42/h12-13,15,17-19,21-22,24-25,30-31,39-40,42,45,52,54,59H,11,14,16,20,23,26-29H2,1-10H3,(H,53,61)/t31-,39-,40-,42+,45-,66?/m0/s1. The van der Waals surface area contributed by atoms with Crippen LogP contribution in [-0.4, -0.2) is 129 Å². The number of aromatic hydroxyl groups is 1. The molecule has 3 aliphatic heterocycles. The lowest BCUT2D eigenvalue weighted by molar-refractivity contribution is -0.155. The number of methoxy groups -OCH3 is 1. The molecule has 4 N–H and O–H groups in total. The van der Waals surface area contributed by atoms with E-state index in [4.69, 9.17) is 14.5 Å². The third-order valence-corrected chi connectivity index (χ3v) is 15.3. The van der Waals surface area contributed by atoms with E-state index in [1.165, 1.54) is 9.91 Å². The third-order valence-electron chi connectivity index (χ3n) is 13.0. The van der Waals surface area contributed by atoms with E-state index in [1.807, 2.05) is 57.2 Å². The maximum Gasteiger partial charge on any atom is 0.324 e. The molecule has 356 valence electrons. The zero-order valence-electron chi connectivity index (χ0n) is 40.1. The Morgan fingerprint density at radius 2 is 1.88 bits per heavy atom. The van der Waals surface area contributed by atoms with Crippen LogP contribution in [0.25, 0.3) is 33.3 Å². The second kappa shape index (κ2) is 20.4. The van der Waals surface area contributed by atoms with Gasteiger partial charge < -0.3 is 34.7 Å². The lowest BCUT2D eigenvalue weighted by Crippen LogP contribution is -2.62. The van der Waals surface area contributed by atoms with E-state index in [2.05, 4.69) is 65.0 Å². The highest BCUT2D eigenvalue weighted by molar-refractivity contribution is 8.13. The Morgan fingerprint density at radius 3 is 2.56 bits per heavy atom. The van der Waals surface area contributed by atoms with Crippen molar-refractivity contribution in [2.75, 3.05) is 47.4 Å². The predicted octanol–water partition coefficient (Wildman–Crippen LogP) is 5.80. The highest BCUT2D eigenvalue weighted by Crippen LogP contribution is 2.42. The molecule has 16 heteroatoms. The van der Waals surface area contributed by atoms with Crippen LogP contribution in [-0.2, 0) is 48.0 Å². The molecular formula is C50H68N8O7S. The van der Waals surface area contributed by atoms with Gasteiger partial charge in [0.25, 0.3) is 5.91 Å². The fraction of sp³-hybridized carbons (Fsp3) is 0.520. The number of carbonyl (C=O) groups is 4. The van der Waals surface area contributed by atoms with Gasteiger partial charge in [0.2, 0.25) is 11.8 Å². The van der Waals surface area contributed by atoms with Gasteiger partial charge in [-0.2, -0.15) is 0 Å². The summed E-state index contributed by atoms with van der Waals surface area (Å²) in [6.45, 7) is 16.1. The summed E-state index contributed by atoms with van der Waals surface area (Å²) in [4.78, 5) is 63.3. The van der Waals surface area contributed by atoms with Gasteiger partial charge in [0.05, 0.1) is 36.0 Å². The highest BCUT2D eigenvalue weighted by atomic mass is 32.2. The first kappa shape index (κ1) is 48.8. The zero-order chi connectivity index (χ0) is 47.6. The van der Waals surface area contributed by atoms with Crippen molar-refractivity contribution in [3.8, 4) is 28.1 Å². The van der Waals surface area contributed by atoms with Gasteiger partial charge in [-0.15, -0.1) is 10.7 Å². The second-order valence-corrected chi connectivity index (χ2v) is 21.4. The number of rotatable bonds is 12. The number of phenols is 1. The summed E-state index contributed by atoms with van der Waals surface area (Å²) >= 11 is 0. The molecule has 2 aromatic carbocycles. The lowest BCUT2D eigenvalue weighted by Gasteiger charge is -2.37. The summed E-state index contributed by atoms with van der Waals surface area (Å²) in [7, 11) is 4.98. The van der Waals surface area contributed by atoms with E-state index in [-0.39, 0.29) is 53.9 Å². The molecule has 5 heterocycles. The number of hydrogen-bond acceptors (Lipinski definition) is 11. The number of nitrogens with zero attached hydrogens (tertiary/aromatic N) is 5. The van der Waals surface area contributed by atoms with Crippen LogP contribution in [0.4, 0.5) is 0 Å². The van der Waals surface area contributed by atoms with Crippen LogP contribution in [0, 0.1) is 11.3 Å². The van der Waals surface area contributed by atoms with Crippen molar-refractivity contribution in [2.45, 2.75) is 110 Å². The Hall–Kier alpha value is -5.13. The summed E-state index contributed by atoms with van der Waals surface area (Å²) in [6, 6.07) is 12.8. The first-order valence-corrected chi connectivity index (χ1v) is 24.5. The number of aryl methyl sites for hydroxylation is 1. The van der Waals surface area contributed by atoms with Crippen LogP contribution in [0.1, 0.15) is 84.2 Å². The first-order chi connectivity index (χ1) is 31.4. The SMILES string of the molecule is C/C=S(\[C@@H]1CN1)N(C)CC(=O)N(C)[C@H](C(=O)N[C@H]1Cc2cc(O)cc(c2)-c2ccc3c(c2)c(c(-c2cccnc2[C@H](C)OC)n3CC)CC(C)(C)COC(=O)[C@@H]2CCCN(N2)C1=O)C(C)C. The number of amides is 3. The Kier molecular flexibility index (Phi) is 15.1. The molecule has 66 heavy (non-hydrogen) atoms. The molecule has 7 rings (SSSR count). The average molecular weight is 925 g/mol. The minimum atomic E-state index is -1.13. The molecule has 6 bridgehead atoms. The van der Waals surface area contributed by atoms with Crippen LogP contribution >= 0.6 is 10.7 Å². The minimum absolute atomic E-state index is 0.00871. The number of carbonyl (C=O) groups excluding carboxylic acids is 4. The fourth-order valence-corrected chi connectivity index (χ4v) is 11.4. The molecule has 0 spiro atoms. The van der Waals surface area contributed by atoms with E-state index >= 15 is 0 Å². The maximum absolute atomic E-state index is 14.7. The van der Waals surface area contributed by atoms with Gasteiger partial charge in [0.1, 0.15) is 23.9 Å². The minimum Gasteiger partial charge on any atom is -0.508 e. The van der Waals surface area contributed by atoms with Gasteiger partial charge in [-0.1, -0.05) is 39.8 Å². The van der Waals surface area contributed by atoms with Crippen molar-refractivity contribution in [3.63, 3.8) is 0 Å². The van der Waals surface area contributed by atoms with Gasteiger partial charge in [0.15, 0.2) is 0 Å². The number of cyclic esters (lactones) is 1. The van der Waals surface area contributed by atoms with Crippen molar-refractivity contribution < 1.29 is 33.8 Å². The number of fused-ring (bicyclic) bond motifs is 6. The van der Waals surface area contributed by atoms with E-state index in [1.54, 1.807) is 32.5 Å². The Morgan fingerprint density at radius 1 is 1.12 bits per heavy atom. The van der Waals surface area contributed by atoms with Crippen LogP contribution < -0.4 is 16.1 Å². The van der Waals surface area contributed by atoms with E-state index in [9.17, 15) is 24.3 Å². The highest BCUT2D eigenvalue weighted by Gasteiger charge is 2.38. The summed E-state index contributed by atoms with van der Waals surface area (Å²) in [5.41, 5.74) is 9.69. The number of pyridine rings is 1. The molecule has 3 amide bonds. The second-order valence-electron chi connectivity index (χ2n) is 19.0. The number of aromatic nitrogens is 2. The van der Waals surface area contributed by atoms with E-state index in [0.717, 1.165) is 51.1 Å². The fourth-order valence-electron chi connectivity index (χ4n) is 9.56. The molecule has 1 unspecified atom stereocenters. The number of ether oxygens (including phenoxy) is 2. The maximum atomic E-state index is 14.7. The molecule has 3 aliphatic rings. The lowest BCUT2D eigenvalue weighted by atomic mass is 9.84. The number of benzene rings is 2. The Labute approximate surface area is 391 Å². The van der Waals surface area contributed by atoms with Crippen LogP contribution in [0.2, 0.25) is 0 Å². The molecule has 0 aliphatic carbocycles. The monoisotopic (exact) mass is 924 g/mol. The van der Waals surface area contributed by atoms with Gasteiger partial charge in [-0.05, 0) is 117 Å². The van der Waals surface area contributed by atoms with Crippen molar-refractivity contribution in [3.05, 3.63) is 71.5 Å². The Bertz CT molecular complexity index is 2500. The van der Waals surface area contributed by atoms with Crippen LogP contribution in [0.15, 0.2) is 54.7 Å². The number of phenolic OH excluding ortho intramolecular Hbond substituents is 1. The molecule has 6 atom stereocenters. The average Bonchev–Trinajstić information content (AvgIpc) is 4.08. The number of nitrogens with one attached hydrogen (secondary N) is 3. The number of likely N-dealkylation sites (N-methyl/N-ethyl adjacent to an activating group) is 2. The molecule has 2 aromatic heterocycles. The van der Waals surface area contributed by atoms with Crippen molar-refractivity contribution in [2.24, 2.45) is 11.3 Å². The Balaban J connectivity index is 1.30. The van der Waals surface area contributed by atoms with Gasteiger partial charge in [-0.25, -0.2) is 9.73 Å². The van der Waals surface area contributed by atoms with Gasteiger partial charge in [0, 0.05) is 68.3 Å². The van der Waals surface area contributed by atoms with Crippen molar-refractivity contribution in [1.29, 1.82) is 0 Å². The topological polar surface area (TPSA) is 181 Å². The summed E-state index contributed by atoms with van der Waals surface area (Å²) < 4.78 is 16.2. The summed E-state index contributed by atoms with van der Waals surface area (Å²) in [5.74, 6) is -1.88. The number of esters is 1. The molecule has 15 nitrogen and oxygen atoms in total. The number of hydrazine groups is 1. The van der Waals surface area contributed by atoms with Crippen LogP contribution in [0.5, 0.6) is 5.75 Å². The molecule has 4 aromatic rings. The molecule has 2 fully saturated rings. The third kappa shape index (κ3) is 10.5. The molecule has 2 saturated heterocycles. The summed E-state index contributed by atoms with van der Waals surface area (Å²) in [5, 5.41) is 22.5. The normalized spacial score (nSPS) is 21.3. The van der Waals surface area contributed by atoms with Crippen molar-refractivity contribution in [1.82, 2.24) is 39.8 Å². The quantitative estimate of drug-likeness (QED) is 0.0767. The smallest absolute Gasteiger partial charge is 0.324 e. The molecule has 0 saturated carbocycles. The first-order valence-electron chi connectivity index (χ1n) is 23.2. The number of hydrogen-bond donors (Lipinski definition) is 4. The molecule has 0 radical (unpaired) electrons. The predicted molar refractivity (Wildman–Crippen MR) is 260 cm³/mol. The van der Waals surface area contributed by atoms with E-state index in [0.29, 0.717) is 43.3 Å². The largest absolute Gasteiger partial charge is 0.508 e. The molecular weight excluding hydrogens is 857 g/mol.